The molecule has 2 N–H and O–H groups in total. The van der Waals surface area contributed by atoms with Crippen LogP contribution in [-0.4, -0.2) is 22.9 Å². The van der Waals surface area contributed by atoms with Gasteiger partial charge in [0.25, 0.3) is 0 Å². The summed E-state index contributed by atoms with van der Waals surface area (Å²) < 4.78 is 0. The summed E-state index contributed by atoms with van der Waals surface area (Å²) in [5.41, 5.74) is 0. The molecule has 2 nitrogen and oxygen atoms in total. The van der Waals surface area contributed by atoms with Gasteiger partial charge in [0.2, 0.25) is 0 Å². The summed E-state index contributed by atoms with van der Waals surface area (Å²) in [5.74, 6) is 7.55. The average molecular weight is 433 g/mol. The van der Waals surface area contributed by atoms with Gasteiger partial charge in [-0.05, 0) is 98.2 Å². The summed E-state index contributed by atoms with van der Waals surface area (Å²) in [6.45, 7) is 5.38. The normalized spacial score (nSPS) is 41.6. The number of hydrogen-bond acceptors (Lipinski definition) is 2. The zero-order valence-corrected chi connectivity index (χ0v) is 20.7. The Morgan fingerprint density at radius 3 is 2.23 bits per heavy atom. The summed E-state index contributed by atoms with van der Waals surface area (Å²) in [7, 11) is 0. The molecule has 4 fully saturated rings. The minimum Gasteiger partial charge on any atom is -0.396 e. The van der Waals surface area contributed by atoms with Crippen molar-refractivity contribution in [2.24, 2.45) is 53.3 Å². The van der Waals surface area contributed by atoms with Gasteiger partial charge in [-0.2, -0.15) is 0 Å². The van der Waals surface area contributed by atoms with E-state index < -0.39 is 0 Å². The molecule has 0 radical (unpaired) electrons. The topological polar surface area (TPSA) is 40.5 Å². The Labute approximate surface area is 193 Å². The van der Waals surface area contributed by atoms with Crippen LogP contribution in [-0.2, 0) is 0 Å². The molecule has 7 atom stereocenters. The second kappa shape index (κ2) is 11.4. The van der Waals surface area contributed by atoms with Gasteiger partial charge in [-0.15, -0.1) is 0 Å². The van der Waals surface area contributed by atoms with Crippen molar-refractivity contribution in [3.05, 3.63) is 0 Å². The van der Waals surface area contributed by atoms with Crippen LogP contribution in [0.1, 0.15) is 117 Å². The van der Waals surface area contributed by atoms with Crippen molar-refractivity contribution < 1.29 is 10.2 Å². The van der Waals surface area contributed by atoms with E-state index >= 15 is 0 Å². The Morgan fingerprint density at radius 2 is 1.52 bits per heavy atom. The highest BCUT2D eigenvalue weighted by Gasteiger charge is 2.47. The second-order valence-corrected chi connectivity index (χ2v) is 12.7. The van der Waals surface area contributed by atoms with Gasteiger partial charge in [0.1, 0.15) is 0 Å². The highest BCUT2D eigenvalue weighted by molar-refractivity contribution is 4.97. The van der Waals surface area contributed by atoms with E-state index in [0.29, 0.717) is 12.5 Å². The summed E-state index contributed by atoms with van der Waals surface area (Å²) in [6.07, 6.45) is 21.6. The quantitative estimate of drug-likeness (QED) is 0.404. The summed E-state index contributed by atoms with van der Waals surface area (Å²) in [4.78, 5) is 0. The Balaban J connectivity index is 1.15. The van der Waals surface area contributed by atoms with Gasteiger partial charge < -0.3 is 10.2 Å². The van der Waals surface area contributed by atoms with Gasteiger partial charge in [-0.3, -0.25) is 0 Å². The largest absolute Gasteiger partial charge is 0.396 e. The first-order valence-corrected chi connectivity index (χ1v) is 14.3. The fraction of sp³-hybridized carbons (Fsp3) is 1.00. The van der Waals surface area contributed by atoms with Gasteiger partial charge in [-0.1, -0.05) is 71.6 Å². The van der Waals surface area contributed by atoms with E-state index in [0.717, 1.165) is 60.2 Å². The van der Waals surface area contributed by atoms with Crippen molar-refractivity contribution >= 4 is 0 Å². The molecule has 0 spiro atoms. The molecule has 6 unspecified atom stereocenters. The van der Waals surface area contributed by atoms with E-state index in [1.54, 1.807) is 0 Å². The van der Waals surface area contributed by atoms with Crippen molar-refractivity contribution in [3.8, 4) is 0 Å². The summed E-state index contributed by atoms with van der Waals surface area (Å²) in [5, 5.41) is 20.3. The Kier molecular flexibility index (Phi) is 8.82. The Hall–Kier alpha value is -0.0800. The van der Waals surface area contributed by atoms with Gasteiger partial charge in [0.15, 0.2) is 0 Å². The second-order valence-electron chi connectivity index (χ2n) is 12.7. The fourth-order valence-electron chi connectivity index (χ4n) is 8.25. The molecule has 0 aromatic heterocycles. The van der Waals surface area contributed by atoms with Crippen molar-refractivity contribution in [3.63, 3.8) is 0 Å². The van der Waals surface area contributed by atoms with E-state index in [9.17, 15) is 10.2 Å². The number of aliphatic hydroxyl groups is 2. The number of rotatable bonds is 9. The molecule has 4 saturated carbocycles. The molecule has 4 aliphatic carbocycles. The maximum absolute atomic E-state index is 10.9. The summed E-state index contributed by atoms with van der Waals surface area (Å²) >= 11 is 0. The molecule has 0 aromatic rings. The minimum atomic E-state index is -0.00236. The first kappa shape index (κ1) is 24.1. The maximum atomic E-state index is 10.9. The third kappa shape index (κ3) is 6.50. The van der Waals surface area contributed by atoms with Crippen molar-refractivity contribution in [2.45, 2.75) is 123 Å². The molecule has 4 rings (SSSR count). The smallest absolute Gasteiger partial charge is 0.0573 e. The predicted octanol–water partition coefficient (Wildman–Crippen LogP) is 7.22. The first-order chi connectivity index (χ1) is 15.0. The molecule has 2 heteroatoms. The predicted molar refractivity (Wildman–Crippen MR) is 130 cm³/mol. The van der Waals surface area contributed by atoms with Gasteiger partial charge in [0.05, 0.1) is 6.10 Å². The molecule has 180 valence electrons. The van der Waals surface area contributed by atoms with Crippen molar-refractivity contribution in [2.75, 3.05) is 6.61 Å². The van der Waals surface area contributed by atoms with Crippen LogP contribution >= 0.6 is 0 Å². The third-order valence-corrected chi connectivity index (χ3v) is 10.6. The first-order valence-electron chi connectivity index (χ1n) is 14.3. The maximum Gasteiger partial charge on any atom is 0.0573 e. The molecule has 0 heterocycles. The minimum absolute atomic E-state index is 0.00236. The van der Waals surface area contributed by atoms with Crippen LogP contribution in [0.2, 0.25) is 0 Å². The molecule has 0 saturated heterocycles. The van der Waals surface area contributed by atoms with Crippen LogP contribution < -0.4 is 0 Å². The molecule has 31 heavy (non-hydrogen) atoms. The van der Waals surface area contributed by atoms with Crippen LogP contribution in [0, 0.1) is 53.3 Å². The SMILES string of the molecule is CC(CC1CC(CCO)CCC1C)C1CCC(C[C@H](O)C2CC2C2CCCCC2)CC1. The standard InChI is InChI=1S/C29H52O2/c1-20-8-9-23(14-15-30)17-26(20)16-21(2)24-12-10-22(11-13-24)18-29(31)28-19-27(28)25-6-4-3-5-7-25/h20-31H,3-19H2,1-2H3/t20?,21?,22?,23?,24?,26?,27?,28?,29-/m0/s1. The zero-order valence-electron chi connectivity index (χ0n) is 20.7. The fourth-order valence-corrected chi connectivity index (χ4v) is 8.25. The lowest BCUT2D eigenvalue weighted by molar-refractivity contribution is 0.0812. The van der Waals surface area contributed by atoms with Crippen LogP contribution in [0.4, 0.5) is 0 Å². The monoisotopic (exact) mass is 432 g/mol. The van der Waals surface area contributed by atoms with Crippen molar-refractivity contribution in [1.82, 2.24) is 0 Å². The molecule has 4 aliphatic rings. The molecular formula is C29H52O2. The van der Waals surface area contributed by atoms with Crippen LogP contribution in [0.15, 0.2) is 0 Å². The number of hydrogen-bond donors (Lipinski definition) is 2. The zero-order chi connectivity index (χ0) is 21.8. The molecule has 0 aliphatic heterocycles. The van der Waals surface area contributed by atoms with E-state index in [-0.39, 0.29) is 6.10 Å². The lowest BCUT2D eigenvalue weighted by atomic mass is 9.67. The Bertz CT molecular complexity index is 519. The molecular weight excluding hydrogens is 380 g/mol. The van der Waals surface area contributed by atoms with E-state index in [1.807, 2.05) is 0 Å². The Morgan fingerprint density at radius 1 is 0.806 bits per heavy atom. The van der Waals surface area contributed by atoms with Crippen LogP contribution in [0.25, 0.3) is 0 Å². The average Bonchev–Trinajstić information content (AvgIpc) is 3.58. The molecule has 0 bridgehead atoms. The third-order valence-electron chi connectivity index (χ3n) is 10.6. The van der Waals surface area contributed by atoms with Crippen LogP contribution in [0.5, 0.6) is 0 Å². The van der Waals surface area contributed by atoms with E-state index in [2.05, 4.69) is 13.8 Å². The van der Waals surface area contributed by atoms with Crippen LogP contribution in [0.3, 0.4) is 0 Å². The highest BCUT2D eigenvalue weighted by atomic mass is 16.3. The number of aliphatic hydroxyl groups excluding tert-OH is 2. The lowest BCUT2D eigenvalue weighted by Crippen LogP contribution is -2.29. The summed E-state index contributed by atoms with van der Waals surface area (Å²) in [6, 6.07) is 0. The van der Waals surface area contributed by atoms with Gasteiger partial charge in [-0.25, -0.2) is 0 Å². The van der Waals surface area contributed by atoms with E-state index in [1.165, 1.54) is 89.9 Å². The lowest BCUT2D eigenvalue weighted by Gasteiger charge is -2.39. The molecule has 0 amide bonds. The van der Waals surface area contributed by atoms with Gasteiger partial charge >= 0.3 is 0 Å². The van der Waals surface area contributed by atoms with E-state index in [4.69, 9.17) is 0 Å². The van der Waals surface area contributed by atoms with Crippen molar-refractivity contribution in [1.29, 1.82) is 0 Å². The molecule has 0 aromatic carbocycles. The highest BCUT2D eigenvalue weighted by Crippen LogP contribution is 2.52. The van der Waals surface area contributed by atoms with Gasteiger partial charge in [0, 0.05) is 6.61 Å².